The van der Waals surface area contributed by atoms with Crippen molar-refractivity contribution in [3.8, 4) is 0 Å². The number of hydrogen-bond donors (Lipinski definition) is 2. The Labute approximate surface area is 136 Å². The highest BCUT2D eigenvalue weighted by atomic mass is 79.9. The standard InChI is InChI=1S/C16H15BrN2O3/c1-22-15(20)13-7-2-3-8-14(13)19-16(21)18-10-11-5-4-6-12(17)9-11/h2-9H,10H2,1H3,(H2,18,19,21). The Morgan fingerprint density at radius 1 is 1.14 bits per heavy atom. The minimum absolute atomic E-state index is 0.308. The molecule has 0 bridgehead atoms. The Morgan fingerprint density at radius 3 is 2.64 bits per heavy atom. The van der Waals surface area contributed by atoms with E-state index >= 15 is 0 Å². The molecule has 0 atom stereocenters. The predicted molar refractivity (Wildman–Crippen MR) is 87.8 cm³/mol. The average Bonchev–Trinajstić information content (AvgIpc) is 2.53. The molecule has 5 nitrogen and oxygen atoms in total. The molecule has 2 N–H and O–H groups in total. The Kier molecular flexibility index (Phi) is 5.55. The molecule has 0 aromatic heterocycles. The molecule has 0 aliphatic heterocycles. The second kappa shape index (κ2) is 7.61. The zero-order valence-electron chi connectivity index (χ0n) is 11.9. The highest BCUT2D eigenvalue weighted by Crippen LogP contribution is 2.16. The molecule has 0 unspecified atom stereocenters. The molecule has 0 saturated heterocycles. The van der Waals surface area contributed by atoms with Gasteiger partial charge in [0.15, 0.2) is 0 Å². The summed E-state index contributed by atoms with van der Waals surface area (Å²) in [5.41, 5.74) is 1.68. The molecule has 2 amide bonds. The van der Waals surface area contributed by atoms with E-state index in [1.165, 1.54) is 7.11 Å². The van der Waals surface area contributed by atoms with Gasteiger partial charge in [-0.2, -0.15) is 0 Å². The van der Waals surface area contributed by atoms with Crippen molar-refractivity contribution in [2.75, 3.05) is 12.4 Å². The largest absolute Gasteiger partial charge is 0.465 e. The first kappa shape index (κ1) is 16.0. The van der Waals surface area contributed by atoms with Gasteiger partial charge in [-0.15, -0.1) is 0 Å². The highest BCUT2D eigenvalue weighted by Gasteiger charge is 2.12. The lowest BCUT2D eigenvalue weighted by Crippen LogP contribution is -2.29. The topological polar surface area (TPSA) is 67.4 Å². The number of carbonyl (C=O) groups is 2. The van der Waals surface area contributed by atoms with Gasteiger partial charge in [0.25, 0.3) is 0 Å². The molecular formula is C16H15BrN2O3. The van der Waals surface area contributed by atoms with E-state index in [-0.39, 0.29) is 0 Å². The number of carbonyl (C=O) groups excluding carboxylic acids is 2. The van der Waals surface area contributed by atoms with Crippen molar-refractivity contribution >= 4 is 33.6 Å². The fourth-order valence-corrected chi connectivity index (χ4v) is 2.32. The Hall–Kier alpha value is -2.34. The van der Waals surface area contributed by atoms with E-state index in [2.05, 4.69) is 31.3 Å². The van der Waals surface area contributed by atoms with Crippen molar-refractivity contribution in [3.63, 3.8) is 0 Å². The summed E-state index contributed by atoms with van der Waals surface area (Å²) >= 11 is 3.38. The first-order chi connectivity index (χ1) is 10.6. The highest BCUT2D eigenvalue weighted by molar-refractivity contribution is 9.10. The van der Waals surface area contributed by atoms with Crippen LogP contribution in [0.4, 0.5) is 10.5 Å². The number of nitrogens with one attached hydrogen (secondary N) is 2. The maximum Gasteiger partial charge on any atom is 0.339 e. The zero-order valence-corrected chi connectivity index (χ0v) is 13.5. The molecule has 0 fully saturated rings. The van der Waals surface area contributed by atoms with Gasteiger partial charge in [-0.05, 0) is 29.8 Å². The number of amides is 2. The Morgan fingerprint density at radius 2 is 1.91 bits per heavy atom. The summed E-state index contributed by atoms with van der Waals surface area (Å²) < 4.78 is 5.63. The van der Waals surface area contributed by atoms with Crippen LogP contribution in [0.3, 0.4) is 0 Å². The van der Waals surface area contributed by atoms with Crippen LogP contribution in [0.5, 0.6) is 0 Å². The first-order valence-electron chi connectivity index (χ1n) is 6.57. The number of para-hydroxylation sites is 1. The molecule has 114 valence electrons. The molecule has 0 aliphatic rings. The van der Waals surface area contributed by atoms with E-state index in [4.69, 9.17) is 0 Å². The lowest BCUT2D eigenvalue weighted by atomic mass is 10.2. The molecule has 0 radical (unpaired) electrons. The van der Waals surface area contributed by atoms with Gasteiger partial charge in [0.1, 0.15) is 0 Å². The van der Waals surface area contributed by atoms with Crippen LogP contribution in [-0.4, -0.2) is 19.1 Å². The van der Waals surface area contributed by atoms with Crippen LogP contribution in [0.2, 0.25) is 0 Å². The lowest BCUT2D eigenvalue weighted by Gasteiger charge is -2.11. The van der Waals surface area contributed by atoms with Crippen LogP contribution < -0.4 is 10.6 Å². The van der Waals surface area contributed by atoms with Crippen LogP contribution in [0.25, 0.3) is 0 Å². The van der Waals surface area contributed by atoms with E-state index in [0.717, 1.165) is 10.0 Å². The lowest BCUT2D eigenvalue weighted by molar-refractivity contribution is 0.0602. The van der Waals surface area contributed by atoms with Crippen molar-refractivity contribution in [1.29, 1.82) is 0 Å². The fourth-order valence-electron chi connectivity index (χ4n) is 1.88. The van der Waals surface area contributed by atoms with Crippen LogP contribution >= 0.6 is 15.9 Å². The summed E-state index contributed by atoms with van der Waals surface area (Å²) in [4.78, 5) is 23.6. The van der Waals surface area contributed by atoms with Gasteiger partial charge in [-0.25, -0.2) is 9.59 Å². The number of benzene rings is 2. The van der Waals surface area contributed by atoms with Crippen molar-refractivity contribution in [3.05, 3.63) is 64.1 Å². The number of halogens is 1. The number of rotatable bonds is 4. The van der Waals surface area contributed by atoms with Gasteiger partial charge in [-0.3, -0.25) is 0 Å². The Balaban J connectivity index is 1.99. The summed E-state index contributed by atoms with van der Waals surface area (Å²) in [6.45, 7) is 0.381. The van der Waals surface area contributed by atoms with Crippen LogP contribution in [-0.2, 0) is 11.3 Å². The fraction of sp³-hybridized carbons (Fsp3) is 0.125. The summed E-state index contributed by atoms with van der Waals surface area (Å²) in [6, 6.07) is 13.9. The maximum atomic E-state index is 11.9. The monoisotopic (exact) mass is 362 g/mol. The maximum absolute atomic E-state index is 11.9. The third-order valence-corrected chi connectivity index (χ3v) is 3.42. The van der Waals surface area contributed by atoms with E-state index in [0.29, 0.717) is 17.8 Å². The number of ether oxygens (including phenoxy) is 1. The summed E-state index contributed by atoms with van der Waals surface area (Å²) in [6.07, 6.45) is 0. The summed E-state index contributed by atoms with van der Waals surface area (Å²) in [5.74, 6) is -0.497. The number of esters is 1. The molecule has 6 heteroatoms. The van der Waals surface area contributed by atoms with Crippen LogP contribution in [0.15, 0.2) is 53.0 Å². The van der Waals surface area contributed by atoms with E-state index in [9.17, 15) is 9.59 Å². The molecule has 0 heterocycles. The number of urea groups is 1. The first-order valence-corrected chi connectivity index (χ1v) is 7.36. The normalized spacial score (nSPS) is 9.91. The molecule has 2 aromatic rings. The molecule has 0 aliphatic carbocycles. The Bertz CT molecular complexity index is 689. The van der Waals surface area contributed by atoms with Crippen LogP contribution in [0.1, 0.15) is 15.9 Å². The molecule has 22 heavy (non-hydrogen) atoms. The molecule has 0 spiro atoms. The summed E-state index contributed by atoms with van der Waals surface area (Å²) in [5, 5.41) is 5.38. The van der Waals surface area contributed by atoms with Crippen LogP contribution in [0, 0.1) is 0 Å². The van der Waals surface area contributed by atoms with E-state index in [1.54, 1.807) is 24.3 Å². The number of methoxy groups -OCH3 is 1. The molecule has 2 rings (SSSR count). The predicted octanol–water partition coefficient (Wildman–Crippen LogP) is 3.56. The van der Waals surface area contributed by atoms with Gasteiger partial charge in [0.05, 0.1) is 18.4 Å². The minimum atomic E-state index is -0.497. The zero-order chi connectivity index (χ0) is 15.9. The second-order valence-electron chi connectivity index (χ2n) is 4.47. The smallest absolute Gasteiger partial charge is 0.339 e. The van der Waals surface area contributed by atoms with Gasteiger partial charge in [0.2, 0.25) is 0 Å². The third-order valence-electron chi connectivity index (χ3n) is 2.92. The van der Waals surface area contributed by atoms with Gasteiger partial charge in [-0.1, -0.05) is 40.2 Å². The van der Waals surface area contributed by atoms with Crippen molar-refractivity contribution in [2.24, 2.45) is 0 Å². The average molecular weight is 363 g/mol. The number of anilines is 1. The van der Waals surface area contributed by atoms with E-state index in [1.807, 2.05) is 24.3 Å². The van der Waals surface area contributed by atoms with Gasteiger partial charge < -0.3 is 15.4 Å². The second-order valence-corrected chi connectivity index (χ2v) is 5.39. The van der Waals surface area contributed by atoms with Gasteiger partial charge >= 0.3 is 12.0 Å². The third kappa shape index (κ3) is 4.33. The molecular weight excluding hydrogens is 348 g/mol. The van der Waals surface area contributed by atoms with E-state index < -0.39 is 12.0 Å². The number of hydrogen-bond acceptors (Lipinski definition) is 3. The molecule has 2 aromatic carbocycles. The van der Waals surface area contributed by atoms with Crippen molar-refractivity contribution in [2.45, 2.75) is 6.54 Å². The summed E-state index contributed by atoms with van der Waals surface area (Å²) in [7, 11) is 1.30. The van der Waals surface area contributed by atoms with Crippen molar-refractivity contribution in [1.82, 2.24) is 5.32 Å². The quantitative estimate of drug-likeness (QED) is 0.817. The van der Waals surface area contributed by atoms with Gasteiger partial charge in [0, 0.05) is 11.0 Å². The SMILES string of the molecule is COC(=O)c1ccccc1NC(=O)NCc1cccc(Br)c1. The minimum Gasteiger partial charge on any atom is -0.465 e. The molecule has 0 saturated carbocycles. The van der Waals surface area contributed by atoms with Crippen molar-refractivity contribution < 1.29 is 14.3 Å².